The topological polar surface area (TPSA) is 261 Å². The Balaban J connectivity index is 0.000000173. The first kappa shape index (κ1) is 73.1. The van der Waals surface area contributed by atoms with Crippen molar-refractivity contribution >= 4 is 72.8 Å². The van der Waals surface area contributed by atoms with Crippen molar-refractivity contribution in [2.45, 2.75) is 104 Å². The Bertz CT molecular complexity index is 4380. The third-order valence-corrected chi connectivity index (χ3v) is 16.6. The molecule has 18 nitrogen and oxygen atoms in total. The molecule has 11 rings (SSSR count). The molecule has 1 saturated carbocycles. The number of hydrogen-bond acceptors (Lipinski definition) is 17. The Labute approximate surface area is 564 Å². The lowest BCUT2D eigenvalue weighted by atomic mass is 9.89. The van der Waals surface area contributed by atoms with Crippen LogP contribution in [0.2, 0.25) is 0 Å². The highest BCUT2D eigenvalue weighted by atomic mass is 32.2. The van der Waals surface area contributed by atoms with Crippen molar-refractivity contribution in [1.82, 2.24) is 0 Å². The number of Topliss-reactive ketones (excluding diaryl/α,β-unsaturated/α-hetero) is 2. The second-order valence-electron chi connectivity index (χ2n) is 22.1. The number of carbonyl (C=O) groups excluding carboxylic acids is 6. The molecule has 97 heavy (non-hydrogen) atoms. The van der Waals surface area contributed by atoms with E-state index in [1.165, 1.54) is 66.9 Å². The molecule has 10 aromatic rings. The lowest BCUT2D eigenvalue weighted by Gasteiger charge is -2.19. The summed E-state index contributed by atoms with van der Waals surface area (Å²) in [4.78, 5) is 83.7. The van der Waals surface area contributed by atoms with E-state index in [4.69, 9.17) is 28.9 Å². The maximum absolute atomic E-state index is 12.6. The third kappa shape index (κ3) is 22.7. The van der Waals surface area contributed by atoms with E-state index in [0.29, 0.717) is 50.6 Å². The van der Waals surface area contributed by atoms with Gasteiger partial charge in [-0.1, -0.05) is 199 Å². The molecule has 1 aliphatic carbocycles. The maximum atomic E-state index is 12.6. The monoisotopic (exact) mass is 1330 g/mol. The Morgan fingerprint density at radius 2 is 0.897 bits per heavy atom. The van der Waals surface area contributed by atoms with Crippen molar-refractivity contribution in [2.24, 2.45) is 5.92 Å². The van der Waals surface area contributed by atoms with E-state index in [0.717, 1.165) is 73.3 Å². The van der Waals surface area contributed by atoms with E-state index in [-0.39, 0.29) is 40.7 Å². The van der Waals surface area contributed by atoms with Crippen molar-refractivity contribution in [3.05, 3.63) is 280 Å². The highest BCUT2D eigenvalue weighted by Crippen LogP contribution is 2.30. The lowest BCUT2D eigenvalue weighted by Crippen LogP contribution is -2.22. The van der Waals surface area contributed by atoms with Gasteiger partial charge in [0.15, 0.2) is 0 Å². The highest BCUT2D eigenvalue weighted by molar-refractivity contribution is 7.87. The Kier molecular flexibility index (Phi) is 27.9. The normalized spacial score (nSPS) is 11.6. The summed E-state index contributed by atoms with van der Waals surface area (Å²) in [5.74, 6) is -1.30. The van der Waals surface area contributed by atoms with Gasteiger partial charge in [-0.2, -0.15) is 8.42 Å². The van der Waals surface area contributed by atoms with Crippen molar-refractivity contribution in [2.75, 3.05) is 5.73 Å². The zero-order valence-electron chi connectivity index (χ0n) is 54.6. The van der Waals surface area contributed by atoms with Gasteiger partial charge in [-0.05, 0) is 156 Å². The minimum Gasteiger partial charge on any atom is -0.426 e. The fourth-order valence-electron chi connectivity index (χ4n) is 9.78. The molecule has 0 heterocycles. The number of ether oxygens (including phenoxy) is 4. The van der Waals surface area contributed by atoms with Crippen LogP contribution >= 0.6 is 0 Å². The van der Waals surface area contributed by atoms with Gasteiger partial charge in [0, 0.05) is 28.9 Å². The number of anilines is 1. The molecule has 0 atom stereocenters. The molecule has 0 aliphatic heterocycles. The fraction of sp³-hybridized carbons (Fsp3) is 0.205. The van der Waals surface area contributed by atoms with Gasteiger partial charge in [0.05, 0.1) is 11.5 Å². The van der Waals surface area contributed by atoms with Crippen LogP contribution in [0.4, 0.5) is 5.69 Å². The quantitative estimate of drug-likeness (QED) is 0.0115. The maximum Gasteiger partial charge on any atom is 0.385 e. The number of esters is 4. The first-order chi connectivity index (χ1) is 46.8. The molecule has 0 bridgehead atoms. The first-order valence-electron chi connectivity index (χ1n) is 31.7. The molecule has 1 fully saturated rings. The molecule has 0 unspecified atom stereocenters. The van der Waals surface area contributed by atoms with E-state index >= 15 is 0 Å². The second kappa shape index (κ2) is 37.0. The number of benzene rings is 10. The predicted molar refractivity (Wildman–Crippen MR) is 372 cm³/mol. The van der Waals surface area contributed by atoms with Crippen LogP contribution in [0.5, 0.6) is 28.7 Å². The third-order valence-electron chi connectivity index (χ3n) is 15.3. The Hall–Kier alpha value is -11.3. The Morgan fingerprint density at radius 3 is 1.42 bits per heavy atom. The minimum atomic E-state index is -3.93. The van der Waals surface area contributed by atoms with Crippen LogP contribution < -0.4 is 28.9 Å². The van der Waals surface area contributed by atoms with E-state index in [9.17, 15) is 47.3 Å². The largest absolute Gasteiger partial charge is 0.426 e. The van der Waals surface area contributed by atoms with Gasteiger partial charge in [0.25, 0.3) is 10.9 Å². The van der Waals surface area contributed by atoms with Crippen molar-refractivity contribution in [3.63, 3.8) is 0 Å². The summed E-state index contributed by atoms with van der Waals surface area (Å²) in [5.41, 5.74) is 12.6. The van der Waals surface area contributed by atoms with Gasteiger partial charge >= 0.3 is 34.0 Å². The average molecular weight is 1330 g/mol. The highest BCUT2D eigenvalue weighted by Gasteiger charge is 2.24. The fourth-order valence-corrected chi connectivity index (χ4v) is 10.9. The summed E-state index contributed by atoms with van der Waals surface area (Å²) in [6, 6.07) is 67.1. The van der Waals surface area contributed by atoms with E-state index in [1.807, 2.05) is 123 Å². The lowest BCUT2D eigenvalue weighted by molar-refractivity contribution is -0.763. The smallest absolute Gasteiger partial charge is 0.385 e. The van der Waals surface area contributed by atoms with Crippen LogP contribution in [0.15, 0.2) is 235 Å². The molecule has 500 valence electrons. The van der Waals surface area contributed by atoms with Crippen molar-refractivity contribution in [1.29, 1.82) is 0 Å². The van der Waals surface area contributed by atoms with Crippen LogP contribution in [0.25, 0.3) is 21.5 Å². The molecular weight excluding hydrogens is 1250 g/mol. The number of rotatable bonds is 19. The molecule has 0 saturated heterocycles. The summed E-state index contributed by atoms with van der Waals surface area (Å²) in [6.45, 7) is 9.26. The minimum absolute atomic E-state index is 0.0473. The van der Waals surface area contributed by atoms with Crippen LogP contribution in [0.1, 0.15) is 115 Å². The molecule has 10 aromatic carbocycles. The van der Waals surface area contributed by atoms with Gasteiger partial charge in [-0.15, -0.1) is 10.1 Å². The van der Waals surface area contributed by atoms with Gasteiger partial charge in [0.1, 0.15) is 40.2 Å². The molecule has 19 heteroatoms. The molecule has 2 N–H and O–H groups in total. The number of nitrogen functional groups attached to an aromatic ring is 1. The van der Waals surface area contributed by atoms with Crippen LogP contribution in [0, 0.1) is 16.0 Å². The second-order valence-corrected chi connectivity index (χ2v) is 23.6. The molecule has 0 spiro atoms. The number of ketones is 2. The summed E-state index contributed by atoms with van der Waals surface area (Å²) < 4.78 is 51.1. The Morgan fingerprint density at radius 1 is 0.464 bits per heavy atom. The number of fused-ring (bicyclic) bond motifs is 2. The summed E-state index contributed by atoms with van der Waals surface area (Å²) in [6.07, 6.45) is 9.36. The summed E-state index contributed by atoms with van der Waals surface area (Å²) in [5, 5.41) is 12.4. The van der Waals surface area contributed by atoms with Gasteiger partial charge in [-0.3, -0.25) is 14.4 Å². The molecule has 0 amide bonds. The van der Waals surface area contributed by atoms with Gasteiger partial charge < -0.3 is 33.7 Å². The van der Waals surface area contributed by atoms with E-state index < -0.39 is 38.7 Å². The number of carbonyl (C=O) groups is 6. The van der Waals surface area contributed by atoms with Gasteiger partial charge in [-0.25, -0.2) is 14.4 Å². The summed E-state index contributed by atoms with van der Waals surface area (Å²) in [7, 11) is -3.93. The number of hydrogen-bond donors (Lipinski definition) is 1. The zero-order valence-corrected chi connectivity index (χ0v) is 55.4. The van der Waals surface area contributed by atoms with E-state index in [1.54, 1.807) is 78.9 Å². The predicted octanol–water partition coefficient (Wildman–Crippen LogP) is 16.0. The van der Waals surface area contributed by atoms with Gasteiger partial charge in [0.2, 0.25) is 5.78 Å². The molecule has 0 radical (unpaired) electrons. The van der Waals surface area contributed by atoms with Crippen LogP contribution in [-0.2, 0) is 66.4 Å². The number of nitrogens with two attached hydrogens (primary N) is 1. The van der Waals surface area contributed by atoms with Crippen molar-refractivity contribution < 1.29 is 70.2 Å². The molecule has 0 aromatic heterocycles. The zero-order chi connectivity index (χ0) is 69.7. The number of nitrogens with zero attached hydrogens (tertiary/aromatic N) is 1. The number of aryl methyl sites for hydroxylation is 4. The van der Waals surface area contributed by atoms with E-state index in [2.05, 4.69) is 18.7 Å². The van der Waals surface area contributed by atoms with Crippen LogP contribution in [0.3, 0.4) is 0 Å². The molecular formula is C78H76N2O16S. The van der Waals surface area contributed by atoms with Crippen LogP contribution in [-0.4, -0.2) is 48.9 Å². The summed E-state index contributed by atoms with van der Waals surface area (Å²) >= 11 is 0. The van der Waals surface area contributed by atoms with Crippen molar-refractivity contribution in [3.8, 4) is 28.7 Å². The average Bonchev–Trinajstić information content (AvgIpc) is 0.788. The standard InChI is InChI=1S/C19H16O2.C18H17NO3S.C15H11NO6.C15H20O2.C11H12O3/c1-2-14-10-12-16(13-11-14)21-19(20)18-9-5-7-15-6-3-4-8-17(15)18;1-2-13-9-11-14(12-10-13)22-23(20,21)18-8-4-5-15-16(18)6-3-7-17(15)19;17-14(12-4-2-1-3-5-12)15(18)22-13-8-6-11(7-9-13)10-21-16(19)20;1-2-12-8-10-14(11-9-12)17-15(16)13-6-4-3-5-7-13;1-3-9-4-6-10(7-5-9)14-11(13)8(2)12/h3-13H,2H2,1H3;3-12H,2,19H2,1H3;1-9H,10H2;8-11,13H,2-7H2,1H3;4-7H,3H2,1-2H3. The SMILES string of the molecule is CCc1ccc(OC(=O)C(C)=O)cc1.CCc1ccc(OC(=O)C2CCCCC2)cc1.CCc1ccc(OC(=O)c2cccc3ccccc23)cc1.CCc1ccc(OS(=O)(=O)c2cccc3c(N)cccc23)cc1.O=C(Oc1ccc(CO[N+](=O)[O-])cc1)C(=O)c1ccccc1. The molecule has 1 aliphatic rings. The first-order valence-corrected chi connectivity index (χ1v) is 33.1.